The number of fused-ring (bicyclic) bond motifs is 1. The molecule has 5 nitrogen and oxygen atoms in total. The number of nitrogens with zero attached hydrogens (tertiary/aromatic N) is 2. The smallest absolute Gasteiger partial charge is 0.264 e. The van der Waals surface area contributed by atoms with Crippen molar-refractivity contribution in [2.75, 3.05) is 26.7 Å². The molecule has 3 heterocycles. The normalized spacial score (nSPS) is 21.8. The maximum atomic E-state index is 12.9. The number of hydrogen-bond acceptors (Lipinski definition) is 4. The third-order valence-electron chi connectivity index (χ3n) is 6.30. The Balaban J connectivity index is 1.43. The van der Waals surface area contributed by atoms with Crippen LogP contribution in [-0.2, 0) is 11.2 Å². The highest BCUT2D eigenvalue weighted by Crippen LogP contribution is 2.33. The average Bonchev–Trinajstić information content (AvgIpc) is 3.18. The van der Waals surface area contributed by atoms with Crippen LogP contribution in [0.2, 0.25) is 0 Å². The number of aryl methyl sites for hydroxylation is 1. The van der Waals surface area contributed by atoms with Crippen LogP contribution in [0.5, 0.6) is 5.75 Å². The number of carbonyl (C=O) groups is 2. The van der Waals surface area contributed by atoms with Crippen LogP contribution in [0.15, 0.2) is 35.7 Å². The number of rotatable bonds is 5. The molecular formula is C23H28N2O3S. The Labute approximate surface area is 176 Å². The fraction of sp³-hybridized carbons (Fsp3) is 0.478. The van der Waals surface area contributed by atoms with Crippen LogP contribution in [0.1, 0.15) is 40.1 Å². The summed E-state index contributed by atoms with van der Waals surface area (Å²) in [6.45, 7) is 4.17. The number of carbonyl (C=O) groups excluding carboxylic acids is 2. The van der Waals surface area contributed by atoms with E-state index in [-0.39, 0.29) is 17.9 Å². The predicted molar refractivity (Wildman–Crippen MR) is 114 cm³/mol. The van der Waals surface area contributed by atoms with Gasteiger partial charge in [0, 0.05) is 32.1 Å². The summed E-state index contributed by atoms with van der Waals surface area (Å²) < 4.78 is 5.46. The molecule has 0 radical (unpaired) electrons. The minimum absolute atomic E-state index is 0.147. The van der Waals surface area contributed by atoms with E-state index in [1.807, 2.05) is 41.5 Å². The molecule has 2 amide bonds. The van der Waals surface area contributed by atoms with Gasteiger partial charge in [-0.15, -0.1) is 11.3 Å². The highest BCUT2D eigenvalue weighted by atomic mass is 32.1. The largest absolute Gasteiger partial charge is 0.496 e. The highest BCUT2D eigenvalue weighted by Gasteiger charge is 2.40. The van der Waals surface area contributed by atoms with E-state index >= 15 is 0 Å². The Hall–Kier alpha value is -2.34. The van der Waals surface area contributed by atoms with Gasteiger partial charge in [0.15, 0.2) is 0 Å². The maximum Gasteiger partial charge on any atom is 0.264 e. The summed E-state index contributed by atoms with van der Waals surface area (Å²) in [6.07, 6.45) is 3.10. The van der Waals surface area contributed by atoms with E-state index in [9.17, 15) is 9.59 Å². The van der Waals surface area contributed by atoms with Crippen molar-refractivity contribution in [3.8, 4) is 5.75 Å². The van der Waals surface area contributed by atoms with Gasteiger partial charge in [-0.3, -0.25) is 9.59 Å². The van der Waals surface area contributed by atoms with Crippen LogP contribution in [-0.4, -0.2) is 54.4 Å². The van der Waals surface area contributed by atoms with Crippen molar-refractivity contribution < 1.29 is 14.3 Å². The molecule has 0 bridgehead atoms. The molecule has 2 aromatic rings. The Kier molecular flexibility index (Phi) is 5.90. The monoisotopic (exact) mass is 412 g/mol. The van der Waals surface area contributed by atoms with Gasteiger partial charge in [0.1, 0.15) is 5.75 Å². The molecule has 0 spiro atoms. The van der Waals surface area contributed by atoms with Crippen molar-refractivity contribution in [1.29, 1.82) is 0 Å². The second-order valence-electron chi connectivity index (χ2n) is 7.99. The minimum Gasteiger partial charge on any atom is -0.496 e. The maximum absolute atomic E-state index is 12.9. The van der Waals surface area contributed by atoms with E-state index in [0.29, 0.717) is 18.9 Å². The SMILES string of the molecule is COc1ccccc1CCN1C(=O)CC[C@@H]2CN(C(=O)c3sccc3C)CC[C@@H]21. The van der Waals surface area contributed by atoms with Crippen LogP contribution >= 0.6 is 11.3 Å². The molecule has 0 N–H and O–H groups in total. The number of benzene rings is 1. The van der Waals surface area contributed by atoms with Gasteiger partial charge in [-0.1, -0.05) is 18.2 Å². The third kappa shape index (κ3) is 4.04. The predicted octanol–water partition coefficient (Wildman–Crippen LogP) is 3.76. The van der Waals surface area contributed by atoms with Crippen molar-refractivity contribution in [2.24, 2.45) is 5.92 Å². The van der Waals surface area contributed by atoms with Gasteiger partial charge in [0.05, 0.1) is 12.0 Å². The molecule has 2 aliphatic rings. The zero-order chi connectivity index (χ0) is 20.4. The fourth-order valence-corrected chi connectivity index (χ4v) is 5.60. The molecule has 1 aromatic heterocycles. The summed E-state index contributed by atoms with van der Waals surface area (Å²) in [4.78, 5) is 30.5. The van der Waals surface area contributed by atoms with Crippen LogP contribution in [0.4, 0.5) is 0 Å². The topological polar surface area (TPSA) is 49.9 Å². The second kappa shape index (κ2) is 8.57. The van der Waals surface area contributed by atoms with Crippen molar-refractivity contribution >= 4 is 23.2 Å². The lowest BCUT2D eigenvalue weighted by Gasteiger charge is -2.47. The quantitative estimate of drug-likeness (QED) is 0.751. The first-order valence-corrected chi connectivity index (χ1v) is 11.2. The summed E-state index contributed by atoms with van der Waals surface area (Å²) in [5, 5.41) is 1.98. The zero-order valence-corrected chi connectivity index (χ0v) is 17.9. The number of ether oxygens (including phenoxy) is 1. The lowest BCUT2D eigenvalue weighted by Crippen LogP contribution is -2.57. The molecule has 0 unspecified atom stereocenters. The third-order valence-corrected chi connectivity index (χ3v) is 7.31. The van der Waals surface area contributed by atoms with E-state index in [0.717, 1.165) is 54.1 Å². The van der Waals surface area contributed by atoms with Gasteiger partial charge >= 0.3 is 0 Å². The van der Waals surface area contributed by atoms with Crippen LogP contribution in [0, 0.1) is 12.8 Å². The molecule has 2 aliphatic heterocycles. The van der Waals surface area contributed by atoms with Gasteiger partial charge in [-0.25, -0.2) is 0 Å². The summed E-state index contributed by atoms with van der Waals surface area (Å²) >= 11 is 1.52. The van der Waals surface area contributed by atoms with E-state index in [4.69, 9.17) is 4.74 Å². The summed E-state index contributed by atoms with van der Waals surface area (Å²) in [6, 6.07) is 10.2. The molecule has 6 heteroatoms. The van der Waals surface area contributed by atoms with Gasteiger partial charge in [-0.2, -0.15) is 0 Å². The highest BCUT2D eigenvalue weighted by molar-refractivity contribution is 7.12. The molecule has 2 fully saturated rings. The van der Waals surface area contributed by atoms with E-state index < -0.39 is 0 Å². The number of methoxy groups -OCH3 is 1. The van der Waals surface area contributed by atoms with Crippen LogP contribution < -0.4 is 4.74 Å². The summed E-state index contributed by atoms with van der Waals surface area (Å²) in [5.74, 6) is 1.63. The number of para-hydroxylation sites is 1. The van der Waals surface area contributed by atoms with Crippen molar-refractivity contribution in [1.82, 2.24) is 9.80 Å². The lowest BCUT2D eigenvalue weighted by molar-refractivity contribution is -0.140. The van der Waals surface area contributed by atoms with E-state index in [1.165, 1.54) is 11.3 Å². The Morgan fingerprint density at radius 2 is 2.07 bits per heavy atom. The molecule has 2 atom stereocenters. The fourth-order valence-electron chi connectivity index (χ4n) is 4.71. The molecule has 2 saturated heterocycles. The number of hydrogen-bond donors (Lipinski definition) is 0. The van der Waals surface area contributed by atoms with Gasteiger partial charge in [-0.05, 0) is 60.7 Å². The van der Waals surface area contributed by atoms with Crippen molar-refractivity contribution in [2.45, 2.75) is 38.6 Å². The lowest BCUT2D eigenvalue weighted by atomic mass is 9.83. The van der Waals surface area contributed by atoms with Crippen molar-refractivity contribution in [3.05, 3.63) is 51.7 Å². The molecule has 0 aliphatic carbocycles. The van der Waals surface area contributed by atoms with E-state index in [2.05, 4.69) is 11.0 Å². The van der Waals surface area contributed by atoms with E-state index in [1.54, 1.807) is 7.11 Å². The summed E-state index contributed by atoms with van der Waals surface area (Å²) in [5.41, 5.74) is 2.19. The van der Waals surface area contributed by atoms with Gasteiger partial charge in [0.2, 0.25) is 5.91 Å². The number of amides is 2. The number of piperidine rings is 2. The van der Waals surface area contributed by atoms with Crippen LogP contribution in [0.25, 0.3) is 0 Å². The molecule has 1 aromatic carbocycles. The number of likely N-dealkylation sites (tertiary alicyclic amines) is 2. The molecule has 4 rings (SSSR count). The Morgan fingerprint density at radius 3 is 2.83 bits per heavy atom. The number of thiophene rings is 1. The first-order valence-electron chi connectivity index (χ1n) is 10.3. The minimum atomic E-state index is 0.147. The van der Waals surface area contributed by atoms with Gasteiger partial charge in [0.25, 0.3) is 5.91 Å². The molecule has 29 heavy (non-hydrogen) atoms. The first-order chi connectivity index (χ1) is 14.1. The van der Waals surface area contributed by atoms with Crippen molar-refractivity contribution in [3.63, 3.8) is 0 Å². The van der Waals surface area contributed by atoms with Crippen LogP contribution in [0.3, 0.4) is 0 Å². The average molecular weight is 413 g/mol. The molecule has 154 valence electrons. The summed E-state index contributed by atoms with van der Waals surface area (Å²) in [7, 11) is 1.68. The molecular weight excluding hydrogens is 384 g/mol. The second-order valence-corrected chi connectivity index (χ2v) is 8.90. The standard InChI is InChI=1S/C23H28N2O3S/c1-16-11-14-29-22(16)23(27)24-12-10-19-18(15-24)7-8-21(26)25(19)13-9-17-5-3-4-6-20(17)28-2/h3-6,11,14,18-19H,7-10,12-13,15H2,1-2H3/t18-,19+/m1/s1. The Morgan fingerprint density at radius 1 is 1.24 bits per heavy atom. The van der Waals surface area contributed by atoms with Gasteiger partial charge < -0.3 is 14.5 Å². The Bertz CT molecular complexity index is 894. The molecule has 0 saturated carbocycles. The first kappa shape index (κ1) is 20.0. The zero-order valence-electron chi connectivity index (χ0n) is 17.1.